The van der Waals surface area contributed by atoms with Crippen molar-refractivity contribution >= 4 is 35.5 Å². The Morgan fingerprint density at radius 1 is 1.00 bits per heavy atom. The molecule has 0 bridgehead atoms. The third kappa shape index (κ3) is 9.79. The average Bonchev–Trinajstić information content (AvgIpc) is 2.86. The summed E-state index contributed by atoms with van der Waals surface area (Å²) in [5, 5.41) is 14.3. The normalized spacial score (nSPS) is 13.2. The number of aliphatic carboxylic acids is 1. The van der Waals surface area contributed by atoms with E-state index >= 15 is 0 Å². The van der Waals surface area contributed by atoms with Crippen LogP contribution in [-0.2, 0) is 29.7 Å². The van der Waals surface area contributed by atoms with Crippen molar-refractivity contribution in [3.05, 3.63) is 71.8 Å². The molecule has 2 aromatic carbocycles. The van der Waals surface area contributed by atoms with E-state index in [2.05, 4.69) is 10.6 Å². The zero-order chi connectivity index (χ0) is 25.6. The van der Waals surface area contributed by atoms with Gasteiger partial charge in [0.2, 0.25) is 11.8 Å². The molecule has 5 N–H and O–H groups in total. The summed E-state index contributed by atoms with van der Waals surface area (Å²) >= 11 is 1.45. The molecule has 0 saturated carbocycles. The van der Waals surface area contributed by atoms with Gasteiger partial charge in [-0.05, 0) is 24.5 Å². The Kier molecular flexibility index (Phi) is 11.8. The van der Waals surface area contributed by atoms with Crippen molar-refractivity contribution in [1.29, 1.82) is 0 Å². The minimum absolute atomic E-state index is 0.0673. The van der Waals surface area contributed by atoms with Crippen molar-refractivity contribution in [2.45, 2.75) is 43.6 Å². The third-order valence-corrected chi connectivity index (χ3v) is 6.10. The maximum absolute atomic E-state index is 13.2. The molecule has 3 unspecified atom stereocenters. The number of nitrogens with two attached hydrogens (primary N) is 1. The molecule has 0 fully saturated rings. The lowest BCUT2D eigenvalue weighted by atomic mass is 10.1. The van der Waals surface area contributed by atoms with Gasteiger partial charge in [-0.1, -0.05) is 60.7 Å². The lowest BCUT2D eigenvalue weighted by molar-refractivity contribution is -0.147. The first-order chi connectivity index (χ1) is 16.8. The van der Waals surface area contributed by atoms with Crippen LogP contribution in [0, 0.1) is 0 Å². The van der Waals surface area contributed by atoms with E-state index in [4.69, 9.17) is 15.6 Å². The van der Waals surface area contributed by atoms with E-state index in [1.54, 1.807) is 37.3 Å². The van der Waals surface area contributed by atoms with Gasteiger partial charge in [-0.3, -0.25) is 14.4 Å². The van der Waals surface area contributed by atoms with Gasteiger partial charge in [-0.2, -0.15) is 11.8 Å². The highest BCUT2D eigenvalue weighted by Crippen LogP contribution is 2.17. The number of hydrogen-bond acceptors (Lipinski definition) is 7. The number of esters is 1. The largest absolute Gasteiger partial charge is 0.480 e. The molecule has 0 aliphatic rings. The second kappa shape index (κ2) is 14.8. The number of nitrogens with one attached hydrogen (secondary N) is 2. The Morgan fingerprint density at radius 2 is 1.63 bits per heavy atom. The molecule has 0 aliphatic carbocycles. The summed E-state index contributed by atoms with van der Waals surface area (Å²) in [6.07, 6.45) is -0.220. The molecule has 0 aromatic heterocycles. The van der Waals surface area contributed by atoms with E-state index < -0.39 is 41.9 Å². The number of carbonyl (C=O) groups is 4. The summed E-state index contributed by atoms with van der Waals surface area (Å²) in [4.78, 5) is 49.2. The molecule has 10 heteroatoms. The van der Waals surface area contributed by atoms with E-state index in [0.29, 0.717) is 11.3 Å². The minimum atomic E-state index is -1.20. The van der Waals surface area contributed by atoms with Crippen LogP contribution in [0.2, 0.25) is 0 Å². The van der Waals surface area contributed by atoms with Crippen molar-refractivity contribution in [3.8, 4) is 0 Å². The molecule has 0 spiro atoms. The third-order valence-electron chi connectivity index (χ3n) is 4.99. The Bertz CT molecular complexity index is 974. The van der Waals surface area contributed by atoms with Crippen molar-refractivity contribution in [1.82, 2.24) is 10.6 Å². The smallest absolute Gasteiger partial charge is 0.333 e. The van der Waals surface area contributed by atoms with E-state index in [0.717, 1.165) is 5.56 Å². The van der Waals surface area contributed by atoms with Crippen molar-refractivity contribution in [2.75, 3.05) is 12.4 Å². The quantitative estimate of drug-likeness (QED) is 0.287. The fourth-order valence-electron chi connectivity index (χ4n) is 3.12. The van der Waals surface area contributed by atoms with Gasteiger partial charge in [0.25, 0.3) is 0 Å². The van der Waals surface area contributed by atoms with E-state index in [1.807, 2.05) is 30.3 Å². The Labute approximate surface area is 208 Å². The van der Waals surface area contributed by atoms with Crippen LogP contribution in [0.3, 0.4) is 0 Å². The topological polar surface area (TPSA) is 148 Å². The van der Waals surface area contributed by atoms with Crippen molar-refractivity contribution < 1.29 is 29.0 Å². The van der Waals surface area contributed by atoms with E-state index in [9.17, 15) is 19.2 Å². The van der Waals surface area contributed by atoms with Gasteiger partial charge in [0.15, 0.2) is 6.04 Å². The summed E-state index contributed by atoms with van der Waals surface area (Å²) in [6, 6.07) is 15.2. The maximum atomic E-state index is 13.2. The highest BCUT2D eigenvalue weighted by molar-refractivity contribution is 7.98. The number of ether oxygens (including phenoxy) is 1. The summed E-state index contributed by atoms with van der Waals surface area (Å²) in [7, 11) is 0. The predicted octanol–water partition coefficient (Wildman–Crippen LogP) is 2.02. The molecule has 0 heterocycles. The number of benzene rings is 2. The summed E-state index contributed by atoms with van der Waals surface area (Å²) < 4.78 is 5.13. The van der Waals surface area contributed by atoms with Gasteiger partial charge in [-0.15, -0.1) is 0 Å². The first-order valence-corrected chi connectivity index (χ1v) is 12.4. The molecule has 35 heavy (non-hydrogen) atoms. The molecular weight excluding hydrogens is 470 g/mol. The summed E-state index contributed by atoms with van der Waals surface area (Å²) in [5.41, 5.74) is 7.09. The molecule has 2 amide bonds. The zero-order valence-electron chi connectivity index (χ0n) is 19.5. The van der Waals surface area contributed by atoms with Crippen LogP contribution in [-0.4, -0.2) is 53.3 Å². The number of hydrogen-bond donors (Lipinski definition) is 4. The van der Waals surface area contributed by atoms with Crippen LogP contribution in [0.15, 0.2) is 60.7 Å². The van der Waals surface area contributed by atoms with Crippen LogP contribution in [0.25, 0.3) is 0 Å². The number of carboxylic acid groups (broad SMARTS) is 1. The van der Waals surface area contributed by atoms with Gasteiger partial charge in [0, 0.05) is 17.9 Å². The monoisotopic (exact) mass is 501 g/mol. The van der Waals surface area contributed by atoms with Crippen molar-refractivity contribution in [2.24, 2.45) is 5.73 Å². The molecule has 3 atom stereocenters. The molecule has 2 aromatic rings. The SMILES string of the molecule is CCOC(=O)C(NC(=O)C(CSCc1ccccc1)NC(=O)CCC(N)C(=O)O)c1ccccc1. The van der Waals surface area contributed by atoms with Gasteiger partial charge >= 0.3 is 11.9 Å². The van der Waals surface area contributed by atoms with Crippen LogP contribution in [0.5, 0.6) is 0 Å². The number of thioether (sulfide) groups is 1. The lowest BCUT2D eigenvalue weighted by Gasteiger charge is -2.23. The molecule has 0 saturated heterocycles. The fraction of sp³-hybridized carbons (Fsp3) is 0.360. The van der Waals surface area contributed by atoms with E-state index in [1.165, 1.54) is 11.8 Å². The molecular formula is C25H31N3O6S. The summed E-state index contributed by atoms with van der Waals surface area (Å²) in [5.74, 6) is -2.02. The van der Waals surface area contributed by atoms with Crippen LogP contribution in [0.4, 0.5) is 0 Å². The predicted molar refractivity (Wildman–Crippen MR) is 133 cm³/mol. The van der Waals surface area contributed by atoms with Crippen LogP contribution >= 0.6 is 11.8 Å². The lowest BCUT2D eigenvalue weighted by Crippen LogP contribution is -2.50. The van der Waals surface area contributed by atoms with Crippen LogP contribution < -0.4 is 16.4 Å². The molecule has 2 rings (SSSR count). The average molecular weight is 502 g/mol. The highest BCUT2D eigenvalue weighted by Gasteiger charge is 2.29. The summed E-state index contributed by atoms with van der Waals surface area (Å²) in [6.45, 7) is 1.82. The number of carboxylic acids is 1. The number of amides is 2. The Hall–Kier alpha value is -3.37. The van der Waals surface area contributed by atoms with Gasteiger partial charge in [-0.25, -0.2) is 4.79 Å². The highest BCUT2D eigenvalue weighted by atomic mass is 32.2. The van der Waals surface area contributed by atoms with Gasteiger partial charge in [0.1, 0.15) is 12.1 Å². The van der Waals surface area contributed by atoms with Crippen molar-refractivity contribution in [3.63, 3.8) is 0 Å². The Morgan fingerprint density at radius 3 is 2.23 bits per heavy atom. The first-order valence-electron chi connectivity index (χ1n) is 11.2. The number of carbonyl (C=O) groups excluding carboxylic acids is 3. The molecule has 9 nitrogen and oxygen atoms in total. The van der Waals surface area contributed by atoms with E-state index in [-0.39, 0.29) is 25.2 Å². The molecule has 0 aliphatic heterocycles. The molecule has 188 valence electrons. The van der Waals surface area contributed by atoms with Gasteiger partial charge in [0.05, 0.1) is 6.61 Å². The Balaban J connectivity index is 2.11. The fourth-order valence-corrected chi connectivity index (χ4v) is 4.14. The number of rotatable bonds is 14. The van der Waals surface area contributed by atoms with Gasteiger partial charge < -0.3 is 26.2 Å². The second-order valence-corrected chi connectivity index (χ2v) is 8.74. The second-order valence-electron chi connectivity index (χ2n) is 7.71. The van der Waals surface area contributed by atoms with Crippen LogP contribution in [0.1, 0.15) is 36.9 Å². The minimum Gasteiger partial charge on any atom is -0.480 e. The standard InChI is InChI=1S/C25H31N3O6S/c1-2-34-25(33)22(18-11-7-4-8-12-18)28-23(30)20(16-35-15-17-9-5-3-6-10-17)27-21(29)14-13-19(26)24(31)32/h3-12,19-20,22H,2,13-16,26H2,1H3,(H,27,29)(H,28,30)(H,31,32). The maximum Gasteiger partial charge on any atom is 0.333 e. The first kappa shape index (κ1) is 27.9. The zero-order valence-corrected chi connectivity index (χ0v) is 20.3. The molecule has 0 radical (unpaired) electrons.